The summed E-state index contributed by atoms with van der Waals surface area (Å²) in [5.41, 5.74) is 1.36. The zero-order valence-corrected chi connectivity index (χ0v) is 13.5. The van der Waals surface area contributed by atoms with Gasteiger partial charge in [-0.3, -0.25) is 0 Å². The van der Waals surface area contributed by atoms with Crippen LogP contribution in [0.4, 0.5) is 0 Å². The van der Waals surface area contributed by atoms with Crippen molar-refractivity contribution in [2.24, 2.45) is 0 Å². The van der Waals surface area contributed by atoms with Gasteiger partial charge in [0.25, 0.3) is 0 Å². The van der Waals surface area contributed by atoms with Crippen molar-refractivity contribution in [3.63, 3.8) is 0 Å². The standard InChI is InChI=1S/C16H30N4/c1-5-14(3)19(4)9-10-20-12-17-11-16(20)15-8-6-7-13(2)18-15/h11-15,18H,5-10H2,1-4H3. The van der Waals surface area contributed by atoms with E-state index in [2.05, 4.69) is 47.6 Å². The maximum atomic E-state index is 4.37. The average molecular weight is 278 g/mol. The SMILES string of the molecule is CCC(C)N(C)CCn1cncc1C1CCCC(C)N1. The fraction of sp³-hybridized carbons (Fsp3) is 0.812. The van der Waals surface area contributed by atoms with E-state index in [1.54, 1.807) is 0 Å². The van der Waals surface area contributed by atoms with Gasteiger partial charge in [0.2, 0.25) is 0 Å². The summed E-state index contributed by atoms with van der Waals surface area (Å²) in [6.45, 7) is 8.93. The van der Waals surface area contributed by atoms with E-state index in [0.717, 1.165) is 13.1 Å². The van der Waals surface area contributed by atoms with Gasteiger partial charge in [0.05, 0.1) is 12.0 Å². The zero-order chi connectivity index (χ0) is 14.5. The molecule has 4 heteroatoms. The molecule has 0 aliphatic carbocycles. The van der Waals surface area contributed by atoms with Crippen LogP contribution < -0.4 is 5.32 Å². The first kappa shape index (κ1) is 15.5. The number of hydrogen-bond donors (Lipinski definition) is 1. The third-order valence-corrected chi connectivity index (χ3v) is 4.75. The van der Waals surface area contributed by atoms with Crippen LogP contribution in [0, 0.1) is 0 Å². The molecule has 4 nitrogen and oxygen atoms in total. The van der Waals surface area contributed by atoms with Gasteiger partial charge in [-0.2, -0.15) is 0 Å². The van der Waals surface area contributed by atoms with Crippen LogP contribution in [0.15, 0.2) is 12.5 Å². The van der Waals surface area contributed by atoms with Gasteiger partial charge >= 0.3 is 0 Å². The molecule has 1 fully saturated rings. The molecule has 1 aromatic rings. The molecule has 3 unspecified atom stereocenters. The van der Waals surface area contributed by atoms with Crippen LogP contribution in [0.1, 0.15) is 58.2 Å². The molecule has 0 aromatic carbocycles. The van der Waals surface area contributed by atoms with Crippen molar-refractivity contribution in [1.82, 2.24) is 19.8 Å². The Balaban J connectivity index is 1.94. The normalized spacial score (nSPS) is 25.1. The van der Waals surface area contributed by atoms with Gasteiger partial charge in [-0.25, -0.2) is 4.98 Å². The minimum absolute atomic E-state index is 0.482. The Hall–Kier alpha value is -0.870. The molecule has 0 amide bonds. The second-order valence-corrected chi connectivity index (χ2v) is 6.30. The molecule has 20 heavy (non-hydrogen) atoms. The molecule has 2 rings (SSSR count). The van der Waals surface area contributed by atoms with Crippen molar-refractivity contribution in [3.05, 3.63) is 18.2 Å². The van der Waals surface area contributed by atoms with Crippen LogP contribution in [-0.4, -0.2) is 40.1 Å². The summed E-state index contributed by atoms with van der Waals surface area (Å²) in [6.07, 6.45) is 9.07. The summed E-state index contributed by atoms with van der Waals surface area (Å²) < 4.78 is 2.33. The number of aromatic nitrogens is 2. The van der Waals surface area contributed by atoms with Crippen LogP contribution in [-0.2, 0) is 6.54 Å². The Labute approximate surface area is 123 Å². The van der Waals surface area contributed by atoms with Crippen molar-refractivity contribution >= 4 is 0 Å². The largest absolute Gasteiger partial charge is 0.332 e. The number of rotatable bonds is 6. The summed E-state index contributed by atoms with van der Waals surface area (Å²) in [5.74, 6) is 0. The maximum Gasteiger partial charge on any atom is 0.0949 e. The lowest BCUT2D eigenvalue weighted by Gasteiger charge is -2.30. The second-order valence-electron chi connectivity index (χ2n) is 6.30. The van der Waals surface area contributed by atoms with Gasteiger partial charge < -0.3 is 14.8 Å². The number of imidazole rings is 1. The molecule has 3 atom stereocenters. The highest BCUT2D eigenvalue weighted by molar-refractivity contribution is 5.07. The molecule has 114 valence electrons. The smallest absolute Gasteiger partial charge is 0.0949 e. The van der Waals surface area contributed by atoms with Gasteiger partial charge in [-0.1, -0.05) is 6.92 Å². The number of hydrogen-bond acceptors (Lipinski definition) is 3. The van der Waals surface area contributed by atoms with Crippen molar-refractivity contribution in [2.45, 2.75) is 71.1 Å². The van der Waals surface area contributed by atoms with Gasteiger partial charge in [0.15, 0.2) is 0 Å². The van der Waals surface area contributed by atoms with Gasteiger partial charge in [-0.15, -0.1) is 0 Å². The highest BCUT2D eigenvalue weighted by Gasteiger charge is 2.22. The molecule has 0 spiro atoms. The van der Waals surface area contributed by atoms with E-state index < -0.39 is 0 Å². The van der Waals surface area contributed by atoms with Crippen LogP contribution in [0.5, 0.6) is 0 Å². The Morgan fingerprint density at radius 1 is 1.50 bits per heavy atom. The fourth-order valence-electron chi connectivity index (χ4n) is 2.98. The van der Waals surface area contributed by atoms with E-state index in [1.165, 1.54) is 31.4 Å². The first-order chi connectivity index (χ1) is 9.61. The molecule has 1 aliphatic rings. The Bertz CT molecular complexity index is 401. The molecule has 0 bridgehead atoms. The van der Waals surface area contributed by atoms with E-state index in [4.69, 9.17) is 0 Å². The van der Waals surface area contributed by atoms with Crippen molar-refractivity contribution in [2.75, 3.05) is 13.6 Å². The van der Waals surface area contributed by atoms with E-state index in [-0.39, 0.29) is 0 Å². The fourth-order valence-corrected chi connectivity index (χ4v) is 2.98. The monoisotopic (exact) mass is 278 g/mol. The van der Waals surface area contributed by atoms with Crippen LogP contribution in [0.2, 0.25) is 0 Å². The summed E-state index contributed by atoms with van der Waals surface area (Å²) in [6, 6.07) is 1.75. The minimum atomic E-state index is 0.482. The lowest BCUT2D eigenvalue weighted by Crippen LogP contribution is -2.36. The van der Waals surface area contributed by atoms with Gasteiger partial charge in [-0.05, 0) is 46.6 Å². The number of likely N-dealkylation sites (N-methyl/N-ethyl adjacent to an activating group) is 1. The molecular formula is C16H30N4. The first-order valence-electron chi connectivity index (χ1n) is 8.08. The van der Waals surface area contributed by atoms with Gasteiger partial charge in [0.1, 0.15) is 0 Å². The molecule has 1 N–H and O–H groups in total. The van der Waals surface area contributed by atoms with Crippen LogP contribution in [0.25, 0.3) is 0 Å². The highest BCUT2D eigenvalue weighted by atomic mass is 15.2. The topological polar surface area (TPSA) is 33.1 Å². The van der Waals surface area contributed by atoms with Crippen molar-refractivity contribution < 1.29 is 0 Å². The summed E-state index contributed by atoms with van der Waals surface area (Å²) in [4.78, 5) is 6.80. The van der Waals surface area contributed by atoms with E-state index in [1.807, 2.05) is 12.5 Å². The number of nitrogens with zero attached hydrogens (tertiary/aromatic N) is 3. The number of nitrogens with one attached hydrogen (secondary N) is 1. The Morgan fingerprint density at radius 3 is 3.00 bits per heavy atom. The summed E-state index contributed by atoms with van der Waals surface area (Å²) in [7, 11) is 2.21. The van der Waals surface area contributed by atoms with E-state index in [0.29, 0.717) is 18.1 Å². The predicted molar refractivity (Wildman–Crippen MR) is 83.8 cm³/mol. The zero-order valence-electron chi connectivity index (χ0n) is 13.5. The van der Waals surface area contributed by atoms with E-state index >= 15 is 0 Å². The molecular weight excluding hydrogens is 248 g/mol. The molecule has 0 radical (unpaired) electrons. The average Bonchev–Trinajstić information content (AvgIpc) is 2.92. The third-order valence-electron chi connectivity index (χ3n) is 4.75. The molecule has 0 saturated carbocycles. The van der Waals surface area contributed by atoms with Crippen LogP contribution >= 0.6 is 0 Å². The molecule has 1 saturated heterocycles. The van der Waals surface area contributed by atoms with E-state index in [9.17, 15) is 0 Å². The lowest BCUT2D eigenvalue weighted by atomic mass is 9.97. The highest BCUT2D eigenvalue weighted by Crippen LogP contribution is 2.25. The predicted octanol–water partition coefficient (Wildman–Crippen LogP) is 2.82. The number of piperidine rings is 1. The summed E-state index contributed by atoms with van der Waals surface area (Å²) >= 11 is 0. The van der Waals surface area contributed by atoms with Crippen LogP contribution in [0.3, 0.4) is 0 Å². The quantitative estimate of drug-likeness (QED) is 0.868. The van der Waals surface area contributed by atoms with Crippen molar-refractivity contribution in [1.29, 1.82) is 0 Å². The van der Waals surface area contributed by atoms with Gasteiger partial charge in [0, 0.05) is 37.4 Å². The minimum Gasteiger partial charge on any atom is -0.332 e. The Kier molecular flexibility index (Phi) is 5.61. The summed E-state index contributed by atoms with van der Waals surface area (Å²) in [5, 5.41) is 3.71. The Morgan fingerprint density at radius 2 is 2.30 bits per heavy atom. The molecule has 1 aromatic heterocycles. The lowest BCUT2D eigenvalue weighted by molar-refractivity contribution is 0.239. The third kappa shape index (κ3) is 3.83. The molecule has 1 aliphatic heterocycles. The maximum absolute atomic E-state index is 4.37. The molecule has 2 heterocycles. The first-order valence-corrected chi connectivity index (χ1v) is 8.08. The second kappa shape index (κ2) is 7.23. The van der Waals surface area contributed by atoms with Crippen molar-refractivity contribution in [3.8, 4) is 0 Å².